The zero-order valence-electron chi connectivity index (χ0n) is 13.2. The molecule has 0 saturated heterocycles. The lowest BCUT2D eigenvalue weighted by molar-refractivity contribution is -0.122. The van der Waals surface area contributed by atoms with Gasteiger partial charge in [0.1, 0.15) is 11.6 Å². The molecule has 1 unspecified atom stereocenters. The Morgan fingerprint density at radius 1 is 1.30 bits per heavy atom. The van der Waals surface area contributed by atoms with Gasteiger partial charge in [0.25, 0.3) is 5.91 Å². The van der Waals surface area contributed by atoms with Crippen molar-refractivity contribution in [2.75, 3.05) is 5.32 Å². The number of rotatable bonds is 6. The highest BCUT2D eigenvalue weighted by Gasteiger charge is 2.18. The number of carbonyl (C=O) groups is 1. The zero-order chi connectivity index (χ0) is 17.0. The minimum Gasteiger partial charge on any atom is -0.479 e. The molecule has 23 heavy (non-hydrogen) atoms. The summed E-state index contributed by atoms with van der Waals surface area (Å²) in [5, 5.41) is 7.89. The van der Waals surface area contributed by atoms with Crippen molar-refractivity contribution in [3.05, 3.63) is 40.5 Å². The summed E-state index contributed by atoms with van der Waals surface area (Å²) in [4.78, 5) is 12.3. The maximum absolute atomic E-state index is 12.3. The molecule has 1 amide bonds. The van der Waals surface area contributed by atoms with E-state index in [0.717, 1.165) is 6.54 Å². The van der Waals surface area contributed by atoms with Crippen molar-refractivity contribution in [3.63, 3.8) is 0 Å². The van der Waals surface area contributed by atoms with Crippen LogP contribution in [0, 0.1) is 5.92 Å². The molecular formula is C16H19Cl2N3O2. The Hall–Kier alpha value is -1.72. The fraction of sp³-hybridized carbons (Fsp3) is 0.375. The number of anilines is 1. The molecule has 1 aromatic carbocycles. The maximum atomic E-state index is 12.3. The first kappa shape index (κ1) is 17.6. The van der Waals surface area contributed by atoms with Crippen LogP contribution >= 0.6 is 23.2 Å². The summed E-state index contributed by atoms with van der Waals surface area (Å²) in [5.74, 6) is 1.20. The van der Waals surface area contributed by atoms with Crippen molar-refractivity contribution in [2.24, 2.45) is 5.92 Å². The summed E-state index contributed by atoms with van der Waals surface area (Å²) in [6, 6.07) is 6.62. The average Bonchev–Trinajstić information content (AvgIpc) is 2.88. The van der Waals surface area contributed by atoms with Crippen LogP contribution in [0.3, 0.4) is 0 Å². The third-order valence-electron chi connectivity index (χ3n) is 3.07. The van der Waals surface area contributed by atoms with E-state index in [9.17, 15) is 4.79 Å². The number of hydrogen-bond donors (Lipinski definition) is 1. The highest BCUT2D eigenvalue weighted by atomic mass is 35.5. The Morgan fingerprint density at radius 2 is 2.04 bits per heavy atom. The molecule has 1 atom stereocenters. The molecule has 0 spiro atoms. The monoisotopic (exact) mass is 355 g/mol. The number of nitrogens with zero attached hydrogens (tertiary/aromatic N) is 2. The molecule has 0 radical (unpaired) electrons. The second-order valence-electron chi connectivity index (χ2n) is 5.62. The number of hydrogen-bond acceptors (Lipinski definition) is 3. The number of amides is 1. The van der Waals surface area contributed by atoms with Gasteiger partial charge in [-0.25, -0.2) is 4.68 Å². The summed E-state index contributed by atoms with van der Waals surface area (Å²) >= 11 is 11.9. The van der Waals surface area contributed by atoms with Gasteiger partial charge in [-0.3, -0.25) is 4.79 Å². The highest BCUT2D eigenvalue weighted by molar-refractivity contribution is 6.35. The summed E-state index contributed by atoms with van der Waals surface area (Å²) < 4.78 is 7.35. The predicted molar refractivity (Wildman–Crippen MR) is 92.2 cm³/mol. The van der Waals surface area contributed by atoms with E-state index in [0.29, 0.717) is 27.5 Å². The van der Waals surface area contributed by atoms with E-state index >= 15 is 0 Å². The van der Waals surface area contributed by atoms with Gasteiger partial charge in [-0.05, 0) is 31.0 Å². The highest BCUT2D eigenvalue weighted by Crippen LogP contribution is 2.28. The summed E-state index contributed by atoms with van der Waals surface area (Å²) in [5.41, 5.74) is 0. The molecule has 0 saturated carbocycles. The van der Waals surface area contributed by atoms with Crippen LogP contribution in [0.25, 0.3) is 0 Å². The van der Waals surface area contributed by atoms with Crippen LogP contribution in [-0.4, -0.2) is 21.8 Å². The SMILES string of the molecule is CC(C)Cn1nccc1NC(=O)C(C)Oc1ccc(Cl)cc1Cl. The van der Waals surface area contributed by atoms with Crippen LogP contribution in [0.1, 0.15) is 20.8 Å². The van der Waals surface area contributed by atoms with Crippen LogP contribution < -0.4 is 10.1 Å². The van der Waals surface area contributed by atoms with E-state index in [2.05, 4.69) is 24.3 Å². The van der Waals surface area contributed by atoms with Gasteiger partial charge in [-0.15, -0.1) is 0 Å². The Bertz CT molecular complexity index is 686. The number of nitrogens with one attached hydrogen (secondary N) is 1. The lowest BCUT2D eigenvalue weighted by Gasteiger charge is -2.16. The molecule has 0 aliphatic carbocycles. The summed E-state index contributed by atoms with van der Waals surface area (Å²) in [6.45, 7) is 6.55. The summed E-state index contributed by atoms with van der Waals surface area (Å²) in [6.07, 6.45) is 0.940. The molecule has 2 aromatic rings. The topological polar surface area (TPSA) is 56.2 Å². The van der Waals surface area contributed by atoms with Crippen molar-refractivity contribution < 1.29 is 9.53 Å². The minimum atomic E-state index is -0.712. The van der Waals surface area contributed by atoms with Gasteiger partial charge in [-0.1, -0.05) is 37.0 Å². The van der Waals surface area contributed by atoms with Crippen molar-refractivity contribution >= 4 is 34.9 Å². The number of benzene rings is 1. The molecule has 0 aliphatic rings. The molecule has 124 valence electrons. The molecule has 1 heterocycles. The average molecular weight is 356 g/mol. The molecule has 1 N–H and O–H groups in total. The second kappa shape index (κ2) is 7.70. The van der Waals surface area contributed by atoms with Crippen LogP contribution in [0.15, 0.2) is 30.5 Å². The van der Waals surface area contributed by atoms with Crippen LogP contribution in [0.2, 0.25) is 10.0 Å². The van der Waals surface area contributed by atoms with Gasteiger partial charge in [0, 0.05) is 17.6 Å². The standard InChI is InChI=1S/C16H19Cl2N3O2/c1-10(2)9-21-15(6-7-19-21)20-16(22)11(3)23-14-5-4-12(17)8-13(14)18/h4-8,10-11H,9H2,1-3H3,(H,20,22). The van der Waals surface area contributed by atoms with Crippen molar-refractivity contribution in [1.82, 2.24) is 9.78 Å². The Balaban J connectivity index is 2.01. The van der Waals surface area contributed by atoms with Gasteiger partial charge >= 0.3 is 0 Å². The predicted octanol–water partition coefficient (Wildman–Crippen LogP) is 4.25. The minimum absolute atomic E-state index is 0.276. The lowest BCUT2D eigenvalue weighted by Crippen LogP contribution is -2.31. The molecule has 0 bridgehead atoms. The molecular weight excluding hydrogens is 337 g/mol. The van der Waals surface area contributed by atoms with Crippen LogP contribution in [0.5, 0.6) is 5.75 Å². The largest absolute Gasteiger partial charge is 0.479 e. The number of halogens is 2. The normalized spacial score (nSPS) is 12.3. The fourth-order valence-corrected chi connectivity index (χ4v) is 2.43. The van der Waals surface area contributed by atoms with E-state index in [4.69, 9.17) is 27.9 Å². The van der Waals surface area contributed by atoms with Crippen molar-refractivity contribution in [3.8, 4) is 5.75 Å². The Morgan fingerprint density at radius 3 is 2.70 bits per heavy atom. The second-order valence-corrected chi connectivity index (χ2v) is 6.46. The molecule has 7 heteroatoms. The van der Waals surface area contributed by atoms with E-state index in [-0.39, 0.29) is 5.91 Å². The fourth-order valence-electron chi connectivity index (χ4n) is 1.97. The van der Waals surface area contributed by atoms with Gasteiger partial charge in [0.05, 0.1) is 11.2 Å². The van der Waals surface area contributed by atoms with Crippen molar-refractivity contribution in [2.45, 2.75) is 33.4 Å². The number of ether oxygens (including phenoxy) is 1. The van der Waals surface area contributed by atoms with E-state index in [1.165, 1.54) is 0 Å². The molecule has 2 rings (SSSR count). The quantitative estimate of drug-likeness (QED) is 0.842. The van der Waals surface area contributed by atoms with Crippen LogP contribution in [0.4, 0.5) is 5.82 Å². The lowest BCUT2D eigenvalue weighted by atomic mass is 10.2. The first-order valence-corrected chi connectivity index (χ1v) is 8.06. The number of aromatic nitrogens is 2. The number of carbonyl (C=O) groups excluding carboxylic acids is 1. The molecule has 0 fully saturated rings. The smallest absolute Gasteiger partial charge is 0.266 e. The first-order valence-electron chi connectivity index (χ1n) is 7.31. The third-order valence-corrected chi connectivity index (χ3v) is 3.60. The Labute approximate surface area is 145 Å². The van der Waals surface area contributed by atoms with Gasteiger partial charge < -0.3 is 10.1 Å². The van der Waals surface area contributed by atoms with Gasteiger partial charge in [0.15, 0.2) is 6.10 Å². The molecule has 0 aliphatic heterocycles. The van der Waals surface area contributed by atoms with E-state index in [1.807, 2.05) is 0 Å². The third kappa shape index (κ3) is 4.88. The summed E-state index contributed by atoms with van der Waals surface area (Å²) in [7, 11) is 0. The van der Waals surface area contributed by atoms with Gasteiger partial charge in [0.2, 0.25) is 0 Å². The van der Waals surface area contributed by atoms with Crippen molar-refractivity contribution in [1.29, 1.82) is 0 Å². The first-order chi connectivity index (χ1) is 10.9. The molecule has 5 nitrogen and oxygen atoms in total. The zero-order valence-corrected chi connectivity index (χ0v) is 14.7. The maximum Gasteiger partial charge on any atom is 0.266 e. The van der Waals surface area contributed by atoms with E-state index < -0.39 is 6.10 Å². The molecule has 1 aromatic heterocycles. The Kier molecular flexibility index (Phi) is 5.91. The van der Waals surface area contributed by atoms with Gasteiger partial charge in [-0.2, -0.15) is 5.10 Å². The van der Waals surface area contributed by atoms with E-state index in [1.54, 1.807) is 42.1 Å². The van der Waals surface area contributed by atoms with Crippen LogP contribution in [-0.2, 0) is 11.3 Å².